The average molecular weight is 271 g/mol. The van der Waals surface area contributed by atoms with Crippen molar-refractivity contribution in [3.05, 3.63) is 22.4 Å². The highest BCUT2D eigenvalue weighted by atomic mass is 32.2. The van der Waals surface area contributed by atoms with E-state index in [0.717, 1.165) is 31.0 Å². The van der Waals surface area contributed by atoms with Gasteiger partial charge in [0.25, 0.3) is 0 Å². The molecule has 1 aliphatic rings. The van der Waals surface area contributed by atoms with E-state index in [1.807, 2.05) is 11.8 Å². The van der Waals surface area contributed by atoms with Gasteiger partial charge in [-0.15, -0.1) is 11.3 Å². The van der Waals surface area contributed by atoms with Crippen LogP contribution in [0.15, 0.2) is 17.5 Å². The zero-order chi connectivity index (χ0) is 12.1. The van der Waals surface area contributed by atoms with Gasteiger partial charge < -0.3 is 5.11 Å². The Labute approximate surface area is 110 Å². The number of aliphatic carboxylic acids is 1. The summed E-state index contributed by atoms with van der Waals surface area (Å²) in [7, 11) is 0. The van der Waals surface area contributed by atoms with Gasteiger partial charge in [-0.3, -0.25) is 9.69 Å². The van der Waals surface area contributed by atoms with E-state index < -0.39 is 5.97 Å². The Balaban J connectivity index is 1.85. The van der Waals surface area contributed by atoms with Crippen LogP contribution in [0.4, 0.5) is 0 Å². The highest BCUT2D eigenvalue weighted by Crippen LogP contribution is 2.20. The Bertz CT molecular complexity index is 353. The molecular weight excluding hydrogens is 254 g/mol. The predicted molar refractivity (Wildman–Crippen MR) is 73.0 cm³/mol. The fourth-order valence-electron chi connectivity index (χ4n) is 2.08. The molecule has 94 valence electrons. The van der Waals surface area contributed by atoms with Crippen LogP contribution in [0.25, 0.3) is 0 Å². The molecule has 0 aromatic carbocycles. The highest BCUT2D eigenvalue weighted by Gasteiger charge is 2.24. The first-order valence-corrected chi connectivity index (χ1v) is 7.85. The molecule has 0 amide bonds. The lowest BCUT2D eigenvalue weighted by atomic mass is 10.2. The topological polar surface area (TPSA) is 40.5 Å². The summed E-state index contributed by atoms with van der Waals surface area (Å²) in [6, 6.07) is 4.43. The number of thioether (sulfide) groups is 1. The highest BCUT2D eigenvalue weighted by molar-refractivity contribution is 7.99. The van der Waals surface area contributed by atoms with Crippen LogP contribution >= 0.6 is 23.1 Å². The van der Waals surface area contributed by atoms with Crippen molar-refractivity contribution in [1.29, 1.82) is 0 Å². The first kappa shape index (κ1) is 12.9. The molecule has 0 radical (unpaired) electrons. The molecular formula is C12H17NO2S2. The quantitative estimate of drug-likeness (QED) is 0.891. The molecule has 0 spiro atoms. The Morgan fingerprint density at radius 2 is 2.47 bits per heavy atom. The van der Waals surface area contributed by atoms with Gasteiger partial charge in [0.05, 0.1) is 6.42 Å². The molecule has 5 heteroatoms. The van der Waals surface area contributed by atoms with Gasteiger partial charge in [-0.2, -0.15) is 11.8 Å². The van der Waals surface area contributed by atoms with Crippen LogP contribution < -0.4 is 0 Å². The maximum atomic E-state index is 10.8. The van der Waals surface area contributed by atoms with E-state index in [0.29, 0.717) is 0 Å². The molecule has 3 nitrogen and oxygen atoms in total. The minimum absolute atomic E-state index is 0.214. The number of carboxylic acid groups (broad SMARTS) is 1. The lowest BCUT2D eigenvalue weighted by Gasteiger charge is -2.34. The number of nitrogens with zero attached hydrogens (tertiary/aromatic N) is 1. The minimum atomic E-state index is -0.682. The molecule has 1 aromatic heterocycles. The summed E-state index contributed by atoms with van der Waals surface area (Å²) in [6.07, 6.45) is 1.32. The van der Waals surface area contributed by atoms with Gasteiger partial charge in [0.2, 0.25) is 0 Å². The zero-order valence-corrected chi connectivity index (χ0v) is 11.3. The van der Waals surface area contributed by atoms with Crippen molar-refractivity contribution in [3.63, 3.8) is 0 Å². The molecule has 1 aliphatic heterocycles. The normalized spacial score (nSPS) is 21.5. The Hall–Kier alpha value is -0.520. The van der Waals surface area contributed by atoms with Crippen LogP contribution in [-0.2, 0) is 11.2 Å². The number of carboxylic acids is 1. The second kappa shape index (κ2) is 6.42. The molecule has 0 aliphatic carbocycles. The monoisotopic (exact) mass is 271 g/mol. The fourth-order valence-corrected chi connectivity index (χ4v) is 3.91. The summed E-state index contributed by atoms with van der Waals surface area (Å²) in [5.41, 5.74) is 0. The maximum absolute atomic E-state index is 10.8. The molecule has 1 saturated heterocycles. The van der Waals surface area contributed by atoms with Crippen molar-refractivity contribution in [1.82, 2.24) is 4.90 Å². The molecule has 17 heavy (non-hydrogen) atoms. The van der Waals surface area contributed by atoms with E-state index in [2.05, 4.69) is 22.4 Å². The van der Waals surface area contributed by atoms with Crippen LogP contribution in [0.3, 0.4) is 0 Å². The summed E-state index contributed by atoms with van der Waals surface area (Å²) in [6.45, 7) is 2.01. The largest absolute Gasteiger partial charge is 0.481 e. The third-order valence-electron chi connectivity index (χ3n) is 2.99. The SMILES string of the molecule is O=C(O)CC1CSCCN1CCc1cccs1. The number of carbonyl (C=O) groups is 1. The summed E-state index contributed by atoms with van der Waals surface area (Å²) >= 11 is 3.65. The van der Waals surface area contributed by atoms with Gasteiger partial charge in [-0.25, -0.2) is 0 Å². The number of hydrogen-bond donors (Lipinski definition) is 1. The Morgan fingerprint density at radius 3 is 3.18 bits per heavy atom. The van der Waals surface area contributed by atoms with Crippen LogP contribution in [0.5, 0.6) is 0 Å². The molecule has 1 N–H and O–H groups in total. The standard InChI is InChI=1S/C12H17NO2S2/c14-12(15)8-10-9-16-7-5-13(10)4-3-11-2-1-6-17-11/h1-2,6,10H,3-5,7-9H2,(H,14,15). The lowest BCUT2D eigenvalue weighted by Crippen LogP contribution is -2.44. The Morgan fingerprint density at radius 1 is 1.59 bits per heavy atom. The minimum Gasteiger partial charge on any atom is -0.481 e. The van der Waals surface area contributed by atoms with E-state index in [9.17, 15) is 4.79 Å². The van der Waals surface area contributed by atoms with Gasteiger partial charge in [0.1, 0.15) is 0 Å². The molecule has 1 atom stereocenters. The molecule has 0 saturated carbocycles. The van der Waals surface area contributed by atoms with E-state index >= 15 is 0 Å². The van der Waals surface area contributed by atoms with Crippen LogP contribution in [-0.4, -0.2) is 46.6 Å². The second-order valence-corrected chi connectivity index (χ2v) is 6.37. The summed E-state index contributed by atoms with van der Waals surface area (Å²) in [4.78, 5) is 14.5. The van der Waals surface area contributed by atoms with Crippen LogP contribution in [0.2, 0.25) is 0 Å². The number of thiophene rings is 1. The third-order valence-corrected chi connectivity index (χ3v) is 5.01. The van der Waals surface area contributed by atoms with Gasteiger partial charge >= 0.3 is 5.97 Å². The fraction of sp³-hybridized carbons (Fsp3) is 0.583. The van der Waals surface area contributed by atoms with Crippen molar-refractivity contribution in [2.75, 3.05) is 24.6 Å². The Kier molecular flexibility index (Phi) is 4.88. The number of rotatable bonds is 5. The van der Waals surface area contributed by atoms with Crippen LogP contribution in [0, 0.1) is 0 Å². The van der Waals surface area contributed by atoms with E-state index in [-0.39, 0.29) is 12.5 Å². The maximum Gasteiger partial charge on any atom is 0.304 e. The van der Waals surface area contributed by atoms with Gasteiger partial charge in [-0.1, -0.05) is 6.07 Å². The van der Waals surface area contributed by atoms with Gasteiger partial charge in [0, 0.05) is 35.5 Å². The summed E-state index contributed by atoms with van der Waals surface area (Å²) < 4.78 is 0. The van der Waals surface area contributed by atoms with Gasteiger partial charge in [0.15, 0.2) is 0 Å². The molecule has 1 unspecified atom stereocenters. The molecule has 2 heterocycles. The van der Waals surface area contributed by atoms with Crippen molar-refractivity contribution < 1.29 is 9.90 Å². The van der Waals surface area contributed by atoms with E-state index in [4.69, 9.17) is 5.11 Å². The molecule has 0 bridgehead atoms. The molecule has 2 rings (SSSR count). The lowest BCUT2D eigenvalue weighted by molar-refractivity contribution is -0.138. The average Bonchev–Trinajstić information content (AvgIpc) is 2.80. The van der Waals surface area contributed by atoms with Crippen molar-refractivity contribution in [2.45, 2.75) is 18.9 Å². The third kappa shape index (κ3) is 4.01. The summed E-state index contributed by atoms with van der Waals surface area (Å²) in [5, 5.41) is 11.0. The zero-order valence-electron chi connectivity index (χ0n) is 9.67. The van der Waals surface area contributed by atoms with Crippen molar-refractivity contribution >= 4 is 29.1 Å². The molecule has 1 fully saturated rings. The number of hydrogen-bond acceptors (Lipinski definition) is 4. The van der Waals surface area contributed by atoms with E-state index in [1.54, 1.807) is 11.3 Å². The smallest absolute Gasteiger partial charge is 0.304 e. The van der Waals surface area contributed by atoms with Crippen LogP contribution in [0.1, 0.15) is 11.3 Å². The molecule has 1 aromatic rings. The van der Waals surface area contributed by atoms with E-state index in [1.165, 1.54) is 4.88 Å². The predicted octanol–water partition coefficient (Wildman–Crippen LogP) is 2.18. The van der Waals surface area contributed by atoms with Crippen molar-refractivity contribution in [3.8, 4) is 0 Å². The summed E-state index contributed by atoms with van der Waals surface area (Å²) in [5.74, 6) is 1.40. The van der Waals surface area contributed by atoms with Crippen molar-refractivity contribution in [2.24, 2.45) is 0 Å². The van der Waals surface area contributed by atoms with Gasteiger partial charge in [-0.05, 0) is 17.9 Å². The first-order valence-electron chi connectivity index (χ1n) is 5.81. The first-order chi connectivity index (χ1) is 8.25. The second-order valence-electron chi connectivity index (χ2n) is 4.19.